The monoisotopic (exact) mass is 904 g/mol. The molecular formula is C43H49FN8O9S2. The molecule has 0 spiro atoms. The molecule has 2 atom stereocenters. The summed E-state index contributed by atoms with van der Waals surface area (Å²) in [6.45, 7) is 11.3. The van der Waals surface area contributed by atoms with Gasteiger partial charge in [0.2, 0.25) is 31.5 Å². The lowest BCUT2D eigenvalue weighted by Gasteiger charge is -2.29. The zero-order chi connectivity index (χ0) is 46.3. The Balaban J connectivity index is 0.000000238. The van der Waals surface area contributed by atoms with Gasteiger partial charge in [-0.2, -0.15) is 14.6 Å². The van der Waals surface area contributed by atoms with Crippen molar-refractivity contribution in [3.63, 3.8) is 0 Å². The van der Waals surface area contributed by atoms with Gasteiger partial charge in [-0.1, -0.05) is 77.9 Å². The van der Waals surface area contributed by atoms with Crippen LogP contribution >= 0.6 is 0 Å². The fourth-order valence-electron chi connectivity index (χ4n) is 6.29. The van der Waals surface area contributed by atoms with E-state index in [0.29, 0.717) is 17.1 Å². The summed E-state index contributed by atoms with van der Waals surface area (Å²) in [4.78, 5) is 30.4. The van der Waals surface area contributed by atoms with Gasteiger partial charge >= 0.3 is 12.2 Å². The van der Waals surface area contributed by atoms with Crippen LogP contribution in [0.15, 0.2) is 129 Å². The van der Waals surface area contributed by atoms with Crippen LogP contribution in [0.1, 0.15) is 52.9 Å². The number of hydrogen-bond acceptors (Lipinski definition) is 11. The highest BCUT2D eigenvalue weighted by Crippen LogP contribution is 2.31. The SMILES string of the molecule is CC(C)(C)C(Cc1cc(S(=O)(=O)c2ccccc2)n(-c2cccnc2F)n1)NC(=O)O.COc1ncccc1-n1nc(CC(NC(=O)O)C(C)(C)C)cc1S(=O)(=O)c1ccccc1. The van der Waals surface area contributed by atoms with Gasteiger partial charge in [0.25, 0.3) is 0 Å². The zero-order valence-electron chi connectivity index (χ0n) is 35.6. The Hall–Kier alpha value is -6.67. The highest BCUT2D eigenvalue weighted by Gasteiger charge is 2.33. The number of sulfone groups is 2. The first-order chi connectivity index (χ1) is 29.5. The Morgan fingerprint density at radius 1 is 0.651 bits per heavy atom. The summed E-state index contributed by atoms with van der Waals surface area (Å²) in [6.07, 6.45) is 0.737. The van der Waals surface area contributed by atoms with E-state index in [4.69, 9.17) is 4.74 Å². The Morgan fingerprint density at radius 2 is 1.05 bits per heavy atom. The predicted molar refractivity (Wildman–Crippen MR) is 229 cm³/mol. The first-order valence-electron chi connectivity index (χ1n) is 19.4. The maximum atomic E-state index is 14.4. The Morgan fingerprint density at radius 3 is 1.43 bits per heavy atom. The molecule has 63 heavy (non-hydrogen) atoms. The summed E-state index contributed by atoms with van der Waals surface area (Å²) in [7, 11) is -6.54. The number of amides is 2. The molecule has 0 aliphatic heterocycles. The summed E-state index contributed by atoms with van der Waals surface area (Å²) in [5, 5.41) is 31.9. The number of nitrogens with one attached hydrogen (secondary N) is 2. The van der Waals surface area contributed by atoms with Gasteiger partial charge < -0.3 is 25.6 Å². The maximum Gasteiger partial charge on any atom is 0.404 e. The van der Waals surface area contributed by atoms with Crippen molar-refractivity contribution in [2.75, 3.05) is 7.11 Å². The van der Waals surface area contributed by atoms with E-state index in [1.165, 1.54) is 72.7 Å². The largest absolute Gasteiger partial charge is 0.479 e. The smallest absolute Gasteiger partial charge is 0.404 e. The molecule has 4 aromatic heterocycles. The van der Waals surface area contributed by atoms with Gasteiger partial charge in [0.05, 0.1) is 28.3 Å². The van der Waals surface area contributed by atoms with Crippen LogP contribution in [0.3, 0.4) is 0 Å². The number of benzene rings is 2. The van der Waals surface area contributed by atoms with E-state index < -0.39 is 60.7 Å². The molecule has 0 bridgehead atoms. The maximum absolute atomic E-state index is 14.4. The third-order valence-corrected chi connectivity index (χ3v) is 13.2. The van der Waals surface area contributed by atoms with Crippen molar-refractivity contribution in [1.29, 1.82) is 0 Å². The van der Waals surface area contributed by atoms with Crippen LogP contribution in [-0.2, 0) is 32.5 Å². The second-order valence-corrected chi connectivity index (χ2v) is 20.2. The molecule has 0 saturated heterocycles. The molecule has 0 aliphatic carbocycles. The summed E-state index contributed by atoms with van der Waals surface area (Å²) < 4.78 is 75.6. The molecule has 0 aliphatic rings. The highest BCUT2D eigenvalue weighted by molar-refractivity contribution is 7.91. The van der Waals surface area contributed by atoms with Gasteiger partial charge in [0.15, 0.2) is 10.1 Å². The topological polar surface area (TPSA) is 238 Å². The van der Waals surface area contributed by atoms with Crippen LogP contribution in [0.2, 0.25) is 0 Å². The van der Waals surface area contributed by atoms with E-state index in [-0.39, 0.29) is 44.3 Å². The van der Waals surface area contributed by atoms with Crippen LogP contribution in [0.4, 0.5) is 14.0 Å². The van der Waals surface area contributed by atoms with Crippen molar-refractivity contribution in [3.05, 3.63) is 127 Å². The number of halogens is 1. The van der Waals surface area contributed by atoms with Crippen molar-refractivity contribution >= 4 is 31.9 Å². The van der Waals surface area contributed by atoms with Crippen molar-refractivity contribution in [3.8, 4) is 17.3 Å². The average molecular weight is 905 g/mol. The molecule has 0 saturated carbocycles. The number of hydrogen-bond donors (Lipinski definition) is 4. The van der Waals surface area contributed by atoms with Crippen molar-refractivity contribution in [2.24, 2.45) is 10.8 Å². The van der Waals surface area contributed by atoms with Crippen molar-refractivity contribution < 1.29 is 45.8 Å². The number of nitrogens with zero attached hydrogens (tertiary/aromatic N) is 6. The van der Waals surface area contributed by atoms with Crippen molar-refractivity contribution in [2.45, 2.75) is 86.3 Å². The molecule has 6 aromatic rings. The third-order valence-electron chi connectivity index (χ3n) is 9.77. The normalized spacial score (nSPS) is 13.0. The summed E-state index contributed by atoms with van der Waals surface area (Å²) in [6, 6.07) is 23.7. The molecule has 4 N–H and O–H groups in total. The summed E-state index contributed by atoms with van der Waals surface area (Å²) >= 11 is 0. The number of pyridine rings is 2. The Bertz CT molecular complexity index is 2770. The predicted octanol–water partition coefficient (Wildman–Crippen LogP) is 6.80. The van der Waals surface area contributed by atoms with Gasteiger partial charge in [-0.15, -0.1) is 0 Å². The lowest BCUT2D eigenvalue weighted by Crippen LogP contribution is -2.44. The third kappa shape index (κ3) is 11.4. The minimum Gasteiger partial charge on any atom is -0.479 e. The van der Waals surface area contributed by atoms with E-state index in [0.717, 1.165) is 4.68 Å². The van der Waals surface area contributed by atoms with Crippen LogP contribution < -0.4 is 15.4 Å². The molecule has 0 fully saturated rings. The molecule has 2 aromatic carbocycles. The van der Waals surface area contributed by atoms with Gasteiger partial charge in [0.1, 0.15) is 11.4 Å². The number of ether oxygens (including phenoxy) is 1. The van der Waals surface area contributed by atoms with E-state index in [9.17, 15) is 41.0 Å². The molecule has 20 heteroatoms. The fourth-order valence-corrected chi connectivity index (χ4v) is 9.12. The molecular weight excluding hydrogens is 856 g/mol. The van der Waals surface area contributed by atoms with Gasteiger partial charge in [-0.3, -0.25) is 0 Å². The second kappa shape index (κ2) is 19.2. The lowest BCUT2D eigenvalue weighted by atomic mass is 9.84. The molecule has 6 rings (SSSR count). The van der Waals surface area contributed by atoms with E-state index in [1.54, 1.807) is 48.5 Å². The lowest BCUT2D eigenvalue weighted by molar-refractivity contribution is 0.173. The van der Waals surface area contributed by atoms with Crippen molar-refractivity contribution in [1.82, 2.24) is 40.2 Å². The van der Waals surface area contributed by atoms with E-state index in [1.807, 2.05) is 41.5 Å². The highest BCUT2D eigenvalue weighted by atomic mass is 32.2. The molecule has 0 radical (unpaired) electrons. The number of carboxylic acid groups (broad SMARTS) is 2. The molecule has 17 nitrogen and oxygen atoms in total. The molecule has 2 amide bonds. The summed E-state index contributed by atoms with van der Waals surface area (Å²) in [5.41, 5.74) is 0.0499. The molecule has 4 heterocycles. The van der Waals surface area contributed by atoms with Crippen LogP contribution in [0.25, 0.3) is 11.4 Å². The van der Waals surface area contributed by atoms with E-state index >= 15 is 0 Å². The number of rotatable bonds is 13. The zero-order valence-corrected chi connectivity index (χ0v) is 37.2. The minimum atomic E-state index is -4.04. The van der Waals surface area contributed by atoms with Crippen LogP contribution in [0.5, 0.6) is 5.88 Å². The van der Waals surface area contributed by atoms with Gasteiger partial charge in [0, 0.05) is 37.3 Å². The first kappa shape index (κ1) is 47.4. The van der Waals surface area contributed by atoms with E-state index in [2.05, 4.69) is 30.8 Å². The van der Waals surface area contributed by atoms with Crippen LogP contribution in [-0.4, -0.2) is 88.0 Å². The van der Waals surface area contributed by atoms with Crippen LogP contribution in [0, 0.1) is 16.8 Å². The Kier molecular flexibility index (Phi) is 14.4. The molecule has 2 unspecified atom stereocenters. The Labute approximate surface area is 364 Å². The number of carbonyl (C=O) groups is 2. The number of aromatic nitrogens is 6. The quantitative estimate of drug-likeness (QED) is 0.0874. The first-order valence-corrected chi connectivity index (χ1v) is 22.4. The van der Waals surface area contributed by atoms with Gasteiger partial charge in [-0.05, 0) is 71.5 Å². The van der Waals surface area contributed by atoms with Gasteiger partial charge in [-0.25, -0.2) is 45.8 Å². The second-order valence-electron chi connectivity index (χ2n) is 16.4. The minimum absolute atomic E-state index is 0.0306. The number of methoxy groups -OCH3 is 1. The molecule has 334 valence electrons. The average Bonchev–Trinajstić information content (AvgIpc) is 3.86. The fraction of sp³-hybridized carbons (Fsp3) is 0.302. The standard InChI is InChI=1S/C22H26N4O5S.C21H23FN4O4S/c1-22(2,3)18(24-21(27)28)13-15-14-19(32(29,30)16-9-6-5-7-10-16)26(25-15)17-11-8-12-23-20(17)31-4;1-21(2,3)17(24-20(27)28)12-14-13-18(31(29,30)15-8-5-4-6-9-15)26(25-14)16-10-7-11-23-19(16)22/h5-12,14,18,24H,13H2,1-4H3,(H,27,28);4-11,13,17,24H,12H2,1-3H3,(H,27,28). The summed E-state index contributed by atoms with van der Waals surface area (Å²) in [5.74, 6) is -0.666.